The van der Waals surface area contributed by atoms with E-state index in [1.54, 1.807) is 50.5 Å². The molecule has 7 aromatic rings. The number of nitrogens with zero attached hydrogens (tertiary/aromatic N) is 4. The van der Waals surface area contributed by atoms with Crippen molar-refractivity contribution in [2.45, 2.75) is 114 Å². The average Bonchev–Trinajstić information content (AvgIpc) is 4.36. The molecule has 24 nitrogen and oxygen atoms in total. The van der Waals surface area contributed by atoms with E-state index in [0.717, 1.165) is 49.0 Å². The molecule has 8 rings (SSSR count). The summed E-state index contributed by atoms with van der Waals surface area (Å²) in [6, 6.07) is 19.3. The number of H-pyrrole nitrogens is 2. The summed E-state index contributed by atoms with van der Waals surface area (Å²) in [6.07, 6.45) is 5.60. The van der Waals surface area contributed by atoms with Crippen molar-refractivity contribution in [3.05, 3.63) is 144 Å². The molecule has 0 radical (unpaired) electrons. The summed E-state index contributed by atoms with van der Waals surface area (Å²) in [7, 11) is 2.12. The molecular weight excluding hydrogens is 1110 g/mol. The number of tetrazole rings is 1. The Bertz CT molecular complexity index is 3400. The van der Waals surface area contributed by atoms with Crippen LogP contribution in [0.2, 0.25) is 0 Å². The van der Waals surface area contributed by atoms with Crippen LogP contribution in [0.3, 0.4) is 0 Å². The maximum Gasteiger partial charge on any atom is 0.244 e. The number of nitrogens with one attached hydrogen (secondary N) is 9. The fourth-order valence-corrected chi connectivity index (χ4v) is 12.0. The third-order valence-corrected chi connectivity index (χ3v) is 16.8. The maximum absolute atomic E-state index is 15.0. The van der Waals surface area contributed by atoms with Crippen molar-refractivity contribution in [1.29, 1.82) is 0 Å². The minimum absolute atomic E-state index is 0.00154. The Morgan fingerprint density at radius 3 is 1.95 bits per heavy atom. The highest BCUT2D eigenvalue weighted by Crippen LogP contribution is 2.25. The molecule has 4 aromatic carbocycles. The molecular formula is C58H69N15O9S2. The van der Waals surface area contributed by atoms with Gasteiger partial charge in [-0.05, 0) is 88.5 Å². The summed E-state index contributed by atoms with van der Waals surface area (Å²) >= 11 is 0. The van der Waals surface area contributed by atoms with Crippen LogP contribution in [0.5, 0.6) is 5.75 Å². The molecule has 1 aliphatic heterocycles. The smallest absolute Gasteiger partial charge is 0.244 e. The molecule has 1 aliphatic rings. The van der Waals surface area contributed by atoms with Crippen LogP contribution in [-0.2, 0) is 70.6 Å². The quantitative estimate of drug-likeness (QED) is 0.0405. The number of aromatic hydroxyl groups is 1. The fourth-order valence-electron chi connectivity index (χ4n) is 9.70. The number of aromatic nitrogens is 6. The van der Waals surface area contributed by atoms with Gasteiger partial charge in [0, 0.05) is 71.5 Å². The molecule has 84 heavy (non-hydrogen) atoms. The number of fused-ring (bicyclic) bond motifs is 2. The number of para-hydroxylation sites is 2. The summed E-state index contributed by atoms with van der Waals surface area (Å²) in [4.78, 5) is 122. The Balaban J connectivity index is 1.15. The Morgan fingerprint density at radius 2 is 1.29 bits per heavy atom. The molecule has 0 saturated carbocycles. The van der Waals surface area contributed by atoms with E-state index in [9.17, 15) is 38.7 Å². The second kappa shape index (κ2) is 29.5. The normalized spacial score (nSPS) is 20.4. The van der Waals surface area contributed by atoms with E-state index >= 15 is 4.79 Å². The van der Waals surface area contributed by atoms with Crippen molar-refractivity contribution in [1.82, 2.24) is 67.4 Å². The van der Waals surface area contributed by atoms with Gasteiger partial charge in [-0.1, -0.05) is 114 Å². The summed E-state index contributed by atoms with van der Waals surface area (Å²) in [6.45, 7) is 3.77. The lowest BCUT2D eigenvalue weighted by molar-refractivity contribution is -0.136. The molecule has 4 heterocycles. The molecule has 0 unspecified atom stereocenters. The van der Waals surface area contributed by atoms with Gasteiger partial charge in [0.2, 0.25) is 47.3 Å². The SMILES string of the molecule is CC(C)[C@H]1NC(=O)[C@@H](CCCCn2cnnn2)NC(=O)[C@H](Cc2c[nH]c3ccccc23)NC(=O)[C@@H](Cc2ccc(O)cc2)NC(=O)[C@H](NC(=O)[C@@H](N)Cc2ccccc2)CSSC[C@H](C(=O)N[C@@H](Cc2c[nH]c3ccccc23)C(N)=O)NC1=O. The summed E-state index contributed by atoms with van der Waals surface area (Å²) in [5.74, 6) is -7.20. The van der Waals surface area contributed by atoms with E-state index in [1.807, 2.05) is 66.7 Å². The van der Waals surface area contributed by atoms with Gasteiger partial charge >= 0.3 is 0 Å². The summed E-state index contributed by atoms with van der Waals surface area (Å²) in [5.41, 5.74) is 16.5. The van der Waals surface area contributed by atoms with Crippen LogP contribution in [0, 0.1) is 5.92 Å². The van der Waals surface area contributed by atoms with Crippen molar-refractivity contribution in [3.63, 3.8) is 0 Å². The minimum atomic E-state index is -1.41. The molecule has 1 saturated heterocycles. The number of nitrogens with two attached hydrogens (primary N) is 2. The molecule has 442 valence electrons. The first-order chi connectivity index (χ1) is 40.5. The highest BCUT2D eigenvalue weighted by atomic mass is 33.1. The third-order valence-electron chi connectivity index (χ3n) is 14.4. The van der Waals surface area contributed by atoms with Gasteiger partial charge in [-0.2, -0.15) is 0 Å². The standard InChI is InChI=1S/C58H69N15O9S2/c1-33(2)50-58(82)69-49(56(80)65-45(51(60)75)26-36-28-61-42-16-8-6-14-39(36)42)31-84-83-30-48(68-52(76)41(59)24-34-12-4-3-5-13-34)57(81)66-46(25-35-19-21-38(74)22-20-35)54(78)67-47(27-37-29-62-43-17-9-7-15-40(37)43)55(79)64-44(53(77)70-50)18-10-11-23-73-32-63-71-72-73/h3-9,12-17,19-22,28-29,32-33,41,44-50,61-62,74H,10-11,18,23-27,30-31,59H2,1-2H3,(H2,60,75)(H,64,79)(H,65,80)(H,66,81)(H,67,78)(H,68,76)(H,69,82)(H,70,77)/t41-,44+,45-,46+,47-,48+,49+,50+/m0/s1. The van der Waals surface area contributed by atoms with E-state index in [-0.39, 0.29) is 49.4 Å². The van der Waals surface area contributed by atoms with Crippen LogP contribution in [0.15, 0.2) is 122 Å². The lowest BCUT2D eigenvalue weighted by atomic mass is 10.00. The van der Waals surface area contributed by atoms with Gasteiger partial charge in [0.25, 0.3) is 0 Å². The van der Waals surface area contributed by atoms with Crippen molar-refractivity contribution >= 4 is 90.7 Å². The van der Waals surface area contributed by atoms with E-state index in [0.29, 0.717) is 36.1 Å². The van der Waals surface area contributed by atoms with Crippen LogP contribution >= 0.6 is 21.6 Å². The number of phenolic OH excluding ortho intramolecular Hbond substituents is 1. The lowest BCUT2D eigenvalue weighted by Crippen LogP contribution is -2.61. The molecule has 0 bridgehead atoms. The predicted molar refractivity (Wildman–Crippen MR) is 318 cm³/mol. The van der Waals surface area contributed by atoms with Crippen LogP contribution in [-0.4, -0.2) is 142 Å². The molecule has 8 amide bonds. The number of phenols is 1. The number of carbonyl (C=O) groups excluding carboxylic acids is 8. The summed E-state index contributed by atoms with van der Waals surface area (Å²) < 4.78 is 1.51. The van der Waals surface area contributed by atoms with Gasteiger partial charge in [0.05, 0.1) is 6.04 Å². The van der Waals surface area contributed by atoms with Crippen LogP contribution in [0.4, 0.5) is 0 Å². The monoisotopic (exact) mass is 1180 g/mol. The number of aryl methyl sites for hydroxylation is 1. The van der Waals surface area contributed by atoms with E-state index < -0.39 is 102 Å². The van der Waals surface area contributed by atoms with Crippen molar-refractivity contribution in [3.8, 4) is 5.75 Å². The molecule has 0 spiro atoms. The molecule has 14 N–H and O–H groups in total. The average molecular weight is 1180 g/mol. The minimum Gasteiger partial charge on any atom is -0.508 e. The van der Waals surface area contributed by atoms with Gasteiger partial charge in [-0.25, -0.2) is 4.68 Å². The number of unbranched alkanes of at least 4 members (excludes halogenated alkanes) is 1. The highest BCUT2D eigenvalue weighted by molar-refractivity contribution is 8.76. The van der Waals surface area contributed by atoms with Crippen molar-refractivity contribution in [2.75, 3.05) is 11.5 Å². The Labute approximate surface area is 491 Å². The topological polar surface area (TPSA) is 368 Å². The first-order valence-corrected chi connectivity index (χ1v) is 30.0. The van der Waals surface area contributed by atoms with Crippen LogP contribution in [0.25, 0.3) is 21.8 Å². The zero-order chi connectivity index (χ0) is 59.7. The van der Waals surface area contributed by atoms with Crippen LogP contribution < -0.4 is 48.7 Å². The van der Waals surface area contributed by atoms with Crippen LogP contribution in [0.1, 0.15) is 55.4 Å². The van der Waals surface area contributed by atoms with Gasteiger partial charge in [0.1, 0.15) is 54.4 Å². The largest absolute Gasteiger partial charge is 0.508 e. The number of aromatic amines is 2. The lowest BCUT2D eigenvalue weighted by Gasteiger charge is -2.29. The van der Waals surface area contributed by atoms with Gasteiger partial charge in [0.15, 0.2) is 0 Å². The molecule has 1 fully saturated rings. The van der Waals surface area contributed by atoms with E-state index in [4.69, 9.17) is 11.5 Å². The first-order valence-electron chi connectivity index (χ1n) is 27.5. The number of hydrogen-bond acceptors (Lipinski definition) is 15. The second-order valence-electron chi connectivity index (χ2n) is 20.9. The second-order valence-corrected chi connectivity index (χ2v) is 23.5. The maximum atomic E-state index is 15.0. The fraction of sp³-hybridized carbons (Fsp3) is 0.362. The number of rotatable bonds is 19. The first kappa shape index (κ1) is 61.3. The number of amides is 8. The number of benzene rings is 4. The summed E-state index contributed by atoms with van der Waals surface area (Å²) in [5, 5.41) is 42.7. The Hall–Kier alpha value is -8.75. The van der Waals surface area contributed by atoms with E-state index in [2.05, 4.69) is 62.7 Å². The number of carbonyl (C=O) groups is 8. The zero-order valence-corrected chi connectivity index (χ0v) is 47.9. The predicted octanol–water partition coefficient (Wildman–Crippen LogP) is 1.74. The molecule has 26 heteroatoms. The zero-order valence-electron chi connectivity index (χ0n) is 46.3. The number of hydrogen-bond donors (Lipinski definition) is 12. The van der Waals surface area contributed by atoms with Gasteiger partial charge in [-0.15, -0.1) is 5.10 Å². The Morgan fingerprint density at radius 1 is 0.679 bits per heavy atom. The van der Waals surface area contributed by atoms with Crippen molar-refractivity contribution in [2.24, 2.45) is 17.4 Å². The van der Waals surface area contributed by atoms with Gasteiger partial charge < -0.3 is 63.8 Å². The third kappa shape index (κ3) is 16.9. The molecule has 8 atom stereocenters. The Kier molecular flexibility index (Phi) is 21.5. The van der Waals surface area contributed by atoms with E-state index in [1.165, 1.54) is 23.1 Å². The van der Waals surface area contributed by atoms with Crippen molar-refractivity contribution < 1.29 is 43.5 Å². The highest BCUT2D eigenvalue weighted by Gasteiger charge is 2.36. The molecule has 0 aliphatic carbocycles. The number of primary amides is 1. The molecule has 3 aromatic heterocycles. The van der Waals surface area contributed by atoms with Gasteiger partial charge in [-0.3, -0.25) is 38.4 Å².